The van der Waals surface area contributed by atoms with Gasteiger partial charge in [0.05, 0.1) is 5.55 Å². The maximum absolute atomic E-state index is 3.49. The number of hydrogen-bond donors (Lipinski definition) is 1. The molecule has 0 saturated heterocycles. The van der Waals surface area contributed by atoms with Gasteiger partial charge in [0.25, 0.3) is 0 Å². The molecule has 0 fully saturated rings. The Bertz CT molecular complexity index is 82.6. The van der Waals surface area contributed by atoms with Crippen LogP contribution in [-0.2, 0) is 0 Å². The van der Waals surface area contributed by atoms with Gasteiger partial charge in [-0.1, -0.05) is 11.9 Å². The summed E-state index contributed by atoms with van der Waals surface area (Å²) in [5, 5.41) is 6.74. The van der Waals surface area contributed by atoms with Gasteiger partial charge in [-0.25, -0.2) is 4.13 Å². The lowest BCUT2D eigenvalue weighted by Crippen LogP contribution is -1.84. The van der Waals surface area contributed by atoms with Crippen LogP contribution in [0.2, 0.25) is 0 Å². The van der Waals surface area contributed by atoms with Gasteiger partial charge >= 0.3 is 0 Å². The summed E-state index contributed by atoms with van der Waals surface area (Å²) in [6.07, 6.45) is 1.93. The van der Waals surface area contributed by atoms with E-state index in [1.165, 1.54) is 23.9 Å². The van der Waals surface area contributed by atoms with Crippen molar-refractivity contribution < 1.29 is 0 Å². The first-order valence-electron chi connectivity index (χ1n) is 1.83. The molecule has 1 N–H and O–H groups in total. The molecule has 0 aliphatic heterocycles. The van der Waals surface area contributed by atoms with Crippen LogP contribution < -0.4 is 4.13 Å². The third-order valence-electron chi connectivity index (χ3n) is 0.313. The fraction of sp³-hybridized carbons (Fsp3) is 0.333. The molecule has 0 atom stereocenters. The molecule has 0 aromatic carbocycles. The Labute approximate surface area is 57.3 Å². The van der Waals surface area contributed by atoms with E-state index in [1.54, 1.807) is 5.55 Å². The second-order valence-corrected chi connectivity index (χ2v) is 2.29. The number of rotatable bonds is 4. The van der Waals surface area contributed by atoms with E-state index in [0.717, 1.165) is 0 Å². The Morgan fingerprint density at radius 2 is 2.50 bits per heavy atom. The SMILES string of the molecule is C=N/N=C\SNSC. The molecule has 0 unspecified atom stereocenters. The summed E-state index contributed by atoms with van der Waals surface area (Å²) in [6.45, 7) is 3.16. The molecule has 46 valence electrons. The zero-order valence-electron chi connectivity index (χ0n) is 4.50. The zero-order chi connectivity index (χ0) is 6.24. The highest BCUT2D eigenvalue weighted by atomic mass is 32.2. The van der Waals surface area contributed by atoms with E-state index in [4.69, 9.17) is 0 Å². The van der Waals surface area contributed by atoms with Gasteiger partial charge in [0, 0.05) is 6.72 Å². The van der Waals surface area contributed by atoms with Crippen molar-refractivity contribution in [1.82, 2.24) is 4.13 Å². The van der Waals surface area contributed by atoms with Gasteiger partial charge in [-0.3, -0.25) is 0 Å². The molecular weight excluding hydrogens is 142 g/mol. The largest absolute Gasteiger partial charge is 0.203 e. The second kappa shape index (κ2) is 7.00. The summed E-state index contributed by atoms with van der Waals surface area (Å²) < 4.78 is 2.88. The van der Waals surface area contributed by atoms with Gasteiger partial charge in [-0.05, 0) is 18.2 Å². The number of nitrogens with one attached hydrogen (secondary N) is 1. The van der Waals surface area contributed by atoms with E-state index >= 15 is 0 Å². The maximum atomic E-state index is 3.49. The monoisotopic (exact) mass is 149 g/mol. The van der Waals surface area contributed by atoms with E-state index in [2.05, 4.69) is 21.0 Å². The minimum Gasteiger partial charge on any atom is -0.203 e. The molecule has 0 bridgehead atoms. The molecule has 0 aliphatic rings. The molecule has 5 heteroatoms. The van der Waals surface area contributed by atoms with E-state index < -0.39 is 0 Å². The predicted octanol–water partition coefficient (Wildman–Crippen LogP) is 1.15. The van der Waals surface area contributed by atoms with Crippen LogP contribution in [0, 0.1) is 0 Å². The molecule has 0 heterocycles. The summed E-state index contributed by atoms with van der Waals surface area (Å²) in [5.41, 5.74) is 1.57. The van der Waals surface area contributed by atoms with Crippen molar-refractivity contribution in [3.8, 4) is 0 Å². The van der Waals surface area contributed by atoms with Crippen LogP contribution in [0.3, 0.4) is 0 Å². The van der Waals surface area contributed by atoms with Crippen molar-refractivity contribution in [3.05, 3.63) is 0 Å². The Hall–Kier alpha value is -0.0000000000000000555. The lowest BCUT2D eigenvalue weighted by Gasteiger charge is -1.86. The normalized spacial score (nSPS) is 10.1. The maximum Gasteiger partial charge on any atom is 0.0984 e. The van der Waals surface area contributed by atoms with Crippen molar-refractivity contribution >= 4 is 36.2 Å². The molecule has 0 saturated carbocycles. The van der Waals surface area contributed by atoms with Crippen molar-refractivity contribution in [2.75, 3.05) is 6.26 Å². The van der Waals surface area contributed by atoms with Crippen LogP contribution in [0.1, 0.15) is 0 Å². The fourth-order valence-electron chi connectivity index (χ4n) is 0.127. The van der Waals surface area contributed by atoms with Crippen LogP contribution >= 0.6 is 23.9 Å². The molecule has 0 aromatic heterocycles. The van der Waals surface area contributed by atoms with Crippen LogP contribution in [0.25, 0.3) is 0 Å². The van der Waals surface area contributed by atoms with Crippen LogP contribution in [0.15, 0.2) is 10.2 Å². The fourth-order valence-corrected chi connectivity index (χ4v) is 0.797. The highest BCUT2D eigenvalue weighted by molar-refractivity contribution is 8.19. The Kier molecular flexibility index (Phi) is 7.00. The first kappa shape index (κ1) is 8.00. The first-order valence-corrected chi connectivity index (χ1v) is 3.93. The molecule has 0 aromatic rings. The summed E-state index contributed by atoms with van der Waals surface area (Å²) in [7, 11) is 0. The molecule has 8 heavy (non-hydrogen) atoms. The molecular formula is C3H7N3S2. The molecule has 0 aliphatic carbocycles. The van der Waals surface area contributed by atoms with Gasteiger partial charge in [0.2, 0.25) is 0 Å². The minimum atomic E-state index is 1.37. The third kappa shape index (κ3) is 6.00. The quantitative estimate of drug-likeness (QED) is 0.214. The van der Waals surface area contributed by atoms with Gasteiger partial charge in [-0.2, -0.15) is 10.2 Å². The summed E-state index contributed by atoms with van der Waals surface area (Å²) >= 11 is 2.88. The van der Waals surface area contributed by atoms with Crippen LogP contribution in [-0.4, -0.2) is 18.5 Å². The smallest absolute Gasteiger partial charge is 0.0984 e. The van der Waals surface area contributed by atoms with Crippen molar-refractivity contribution in [2.24, 2.45) is 10.2 Å². The second-order valence-electron chi connectivity index (χ2n) is 0.768. The first-order chi connectivity index (χ1) is 3.91. The zero-order valence-corrected chi connectivity index (χ0v) is 6.13. The van der Waals surface area contributed by atoms with Crippen LogP contribution in [0.5, 0.6) is 0 Å². The van der Waals surface area contributed by atoms with Crippen LogP contribution in [0.4, 0.5) is 0 Å². The average molecular weight is 149 g/mol. The Morgan fingerprint density at radius 3 is 3.00 bits per heavy atom. The highest BCUT2D eigenvalue weighted by Crippen LogP contribution is 1.93. The molecule has 0 radical (unpaired) electrons. The summed E-state index contributed by atoms with van der Waals surface area (Å²) in [5.74, 6) is 0. The van der Waals surface area contributed by atoms with Gasteiger partial charge < -0.3 is 0 Å². The van der Waals surface area contributed by atoms with E-state index in [0.29, 0.717) is 0 Å². The van der Waals surface area contributed by atoms with Crippen molar-refractivity contribution in [3.63, 3.8) is 0 Å². The number of hydrogen-bond acceptors (Lipinski definition) is 5. The van der Waals surface area contributed by atoms with Crippen molar-refractivity contribution in [1.29, 1.82) is 0 Å². The molecule has 0 rings (SSSR count). The lowest BCUT2D eigenvalue weighted by molar-refractivity contribution is 1.29. The predicted molar refractivity (Wildman–Crippen MR) is 42.3 cm³/mol. The van der Waals surface area contributed by atoms with E-state index in [9.17, 15) is 0 Å². The summed E-state index contributed by atoms with van der Waals surface area (Å²) in [4.78, 5) is 0. The third-order valence-corrected chi connectivity index (χ3v) is 1.56. The van der Waals surface area contributed by atoms with E-state index in [-0.39, 0.29) is 0 Å². The minimum absolute atomic E-state index is 1.37. The van der Waals surface area contributed by atoms with Gasteiger partial charge in [0.15, 0.2) is 0 Å². The van der Waals surface area contributed by atoms with Gasteiger partial charge in [0.1, 0.15) is 0 Å². The molecule has 0 amide bonds. The highest BCUT2D eigenvalue weighted by Gasteiger charge is 1.72. The van der Waals surface area contributed by atoms with Crippen molar-refractivity contribution in [2.45, 2.75) is 0 Å². The van der Waals surface area contributed by atoms with E-state index in [1.807, 2.05) is 6.26 Å². The Balaban J connectivity index is 2.91. The standard InChI is InChI=1S/C3H7N3S2/c1-4-5-3-8-6-7-2/h3,6H,1H2,2H3/b5-3-. The lowest BCUT2D eigenvalue weighted by atomic mass is 11.6. The molecule has 0 spiro atoms. The van der Waals surface area contributed by atoms with Gasteiger partial charge in [-0.15, -0.1) is 0 Å². The molecule has 3 nitrogen and oxygen atoms in total. The summed E-state index contributed by atoms with van der Waals surface area (Å²) in [6, 6.07) is 0. The number of nitrogens with zero attached hydrogens (tertiary/aromatic N) is 2. The Morgan fingerprint density at radius 1 is 1.75 bits per heavy atom. The average Bonchev–Trinajstić information content (AvgIpc) is 1.81. The topological polar surface area (TPSA) is 36.8 Å².